The number of fused-ring (bicyclic) bond motifs is 1. The maximum atomic E-state index is 13.3. The average Bonchev–Trinajstić information content (AvgIpc) is 2.75. The molecule has 1 aromatic carbocycles. The van der Waals surface area contributed by atoms with Gasteiger partial charge in [0, 0.05) is 31.5 Å². The molecule has 1 unspecified atom stereocenters. The van der Waals surface area contributed by atoms with Crippen molar-refractivity contribution in [2.24, 2.45) is 10.9 Å². The molecule has 5 heteroatoms. The van der Waals surface area contributed by atoms with Gasteiger partial charge in [0.2, 0.25) is 0 Å². The van der Waals surface area contributed by atoms with Gasteiger partial charge < -0.3 is 14.8 Å². The first kappa shape index (κ1) is 20.8. The molecule has 1 aliphatic carbocycles. The molecule has 154 valence electrons. The normalized spacial score (nSPS) is 22.7. The van der Waals surface area contributed by atoms with Gasteiger partial charge in [-0.3, -0.25) is 4.99 Å². The zero-order valence-electron chi connectivity index (χ0n) is 17.1. The van der Waals surface area contributed by atoms with Crippen LogP contribution in [-0.2, 0) is 9.47 Å². The molecule has 0 amide bonds. The highest BCUT2D eigenvalue weighted by molar-refractivity contribution is 6.01. The molecule has 0 aromatic heterocycles. The Morgan fingerprint density at radius 1 is 1.29 bits per heavy atom. The number of hydrogen-bond donors (Lipinski definition) is 1. The average molecular weight is 389 g/mol. The summed E-state index contributed by atoms with van der Waals surface area (Å²) < 4.78 is 24.8. The number of rotatable bonds is 10. The van der Waals surface area contributed by atoms with Crippen LogP contribution in [0, 0.1) is 5.92 Å². The van der Waals surface area contributed by atoms with E-state index in [0.717, 1.165) is 50.0 Å². The molecule has 2 aliphatic rings. The van der Waals surface area contributed by atoms with Crippen molar-refractivity contribution in [3.8, 4) is 0 Å². The minimum atomic E-state index is -0.524. The van der Waals surface area contributed by atoms with Crippen molar-refractivity contribution in [3.05, 3.63) is 41.7 Å². The SMILES string of the molecule is CCCCOCC(CF)OC1=CC[C@H]2CCC(c3ccc(NC)cc3)=N[C@H]2C1. The number of hydrogen-bond acceptors (Lipinski definition) is 4. The highest BCUT2D eigenvalue weighted by atomic mass is 19.1. The summed E-state index contributed by atoms with van der Waals surface area (Å²) in [4.78, 5) is 5.05. The maximum Gasteiger partial charge on any atom is 0.150 e. The molecular formula is C23H33FN2O2. The lowest BCUT2D eigenvalue weighted by Gasteiger charge is -2.34. The third-order valence-corrected chi connectivity index (χ3v) is 5.62. The Balaban J connectivity index is 1.58. The van der Waals surface area contributed by atoms with Gasteiger partial charge in [0.1, 0.15) is 12.8 Å². The zero-order valence-corrected chi connectivity index (χ0v) is 17.1. The van der Waals surface area contributed by atoms with Crippen LogP contribution >= 0.6 is 0 Å². The number of benzene rings is 1. The number of allylic oxidation sites excluding steroid dienone is 1. The number of halogens is 1. The summed E-state index contributed by atoms with van der Waals surface area (Å²) in [5.74, 6) is 1.44. The molecule has 1 aliphatic heterocycles. The van der Waals surface area contributed by atoms with Gasteiger partial charge in [0.05, 0.1) is 18.4 Å². The Morgan fingerprint density at radius 3 is 2.82 bits per heavy atom. The highest BCUT2D eigenvalue weighted by Crippen LogP contribution is 2.35. The van der Waals surface area contributed by atoms with Gasteiger partial charge in [-0.2, -0.15) is 0 Å². The standard InChI is InChI=1S/C23H33FN2O2/c1-3-4-13-27-16-21(15-24)28-20-11-7-18-8-12-22(26-23(18)14-20)17-5-9-19(25-2)10-6-17/h5-6,9-11,18,21,23,25H,3-4,7-8,12-16H2,1-2H3/t18-,21?,23-/m0/s1. The number of nitrogens with zero attached hydrogens (tertiary/aromatic N) is 1. The number of alkyl halides is 1. The zero-order chi connectivity index (χ0) is 19.8. The van der Waals surface area contributed by atoms with Crippen LogP contribution in [-0.4, -0.2) is 44.8 Å². The molecule has 28 heavy (non-hydrogen) atoms. The van der Waals surface area contributed by atoms with E-state index >= 15 is 0 Å². The number of unbranched alkanes of at least 4 members (excludes halogenated alkanes) is 1. The van der Waals surface area contributed by atoms with E-state index in [1.807, 2.05) is 7.05 Å². The van der Waals surface area contributed by atoms with E-state index in [2.05, 4.69) is 42.6 Å². The van der Waals surface area contributed by atoms with Crippen molar-refractivity contribution >= 4 is 11.4 Å². The first-order valence-corrected chi connectivity index (χ1v) is 10.6. The molecule has 0 bridgehead atoms. The van der Waals surface area contributed by atoms with Crippen LogP contribution in [0.25, 0.3) is 0 Å². The largest absolute Gasteiger partial charge is 0.490 e. The molecule has 3 atom stereocenters. The lowest BCUT2D eigenvalue weighted by molar-refractivity contribution is -0.00308. The monoisotopic (exact) mass is 388 g/mol. The molecule has 1 N–H and O–H groups in total. The van der Waals surface area contributed by atoms with Crippen molar-refractivity contribution in [1.82, 2.24) is 0 Å². The van der Waals surface area contributed by atoms with E-state index < -0.39 is 12.8 Å². The Morgan fingerprint density at radius 2 is 2.11 bits per heavy atom. The topological polar surface area (TPSA) is 42.9 Å². The van der Waals surface area contributed by atoms with Gasteiger partial charge in [0.15, 0.2) is 0 Å². The van der Waals surface area contributed by atoms with E-state index in [-0.39, 0.29) is 6.04 Å². The van der Waals surface area contributed by atoms with Crippen molar-refractivity contribution in [2.45, 2.75) is 57.6 Å². The van der Waals surface area contributed by atoms with Crippen molar-refractivity contribution in [3.63, 3.8) is 0 Å². The Hall–Kier alpha value is -1.88. The van der Waals surface area contributed by atoms with Crippen LogP contribution in [0.3, 0.4) is 0 Å². The second kappa shape index (κ2) is 10.6. The fourth-order valence-electron chi connectivity index (χ4n) is 3.87. The Kier molecular flexibility index (Phi) is 7.90. The van der Waals surface area contributed by atoms with Crippen LogP contribution in [0.5, 0.6) is 0 Å². The minimum Gasteiger partial charge on any atom is -0.490 e. The fraction of sp³-hybridized carbons (Fsp3) is 0.609. The van der Waals surface area contributed by atoms with E-state index in [4.69, 9.17) is 14.5 Å². The molecule has 4 nitrogen and oxygen atoms in total. The van der Waals surface area contributed by atoms with E-state index in [1.54, 1.807) is 0 Å². The number of nitrogens with one attached hydrogen (secondary N) is 1. The van der Waals surface area contributed by atoms with Gasteiger partial charge in [-0.1, -0.05) is 25.5 Å². The third-order valence-electron chi connectivity index (χ3n) is 5.62. The molecule has 0 spiro atoms. The Labute approximate surface area is 168 Å². The van der Waals surface area contributed by atoms with Crippen LogP contribution < -0.4 is 5.32 Å². The molecule has 3 rings (SSSR count). The summed E-state index contributed by atoms with van der Waals surface area (Å²) in [5, 5.41) is 3.15. The van der Waals surface area contributed by atoms with Crippen LogP contribution in [0.4, 0.5) is 10.1 Å². The van der Waals surface area contributed by atoms with E-state index in [0.29, 0.717) is 19.1 Å². The second-order valence-corrected chi connectivity index (χ2v) is 7.70. The van der Waals surface area contributed by atoms with Crippen molar-refractivity contribution in [2.75, 3.05) is 32.3 Å². The second-order valence-electron chi connectivity index (χ2n) is 7.70. The van der Waals surface area contributed by atoms with Gasteiger partial charge in [-0.15, -0.1) is 0 Å². The summed E-state index contributed by atoms with van der Waals surface area (Å²) in [6.07, 6.45) is 7.58. The summed E-state index contributed by atoms with van der Waals surface area (Å²) in [6, 6.07) is 8.67. The molecule has 0 saturated carbocycles. The molecule has 0 fully saturated rings. The van der Waals surface area contributed by atoms with Gasteiger partial charge in [-0.05, 0) is 55.4 Å². The van der Waals surface area contributed by atoms with E-state index in [1.165, 1.54) is 11.3 Å². The first-order chi connectivity index (χ1) is 13.7. The predicted molar refractivity (Wildman–Crippen MR) is 113 cm³/mol. The van der Waals surface area contributed by atoms with Crippen LogP contribution in [0.15, 0.2) is 41.1 Å². The summed E-state index contributed by atoms with van der Waals surface area (Å²) >= 11 is 0. The van der Waals surface area contributed by atoms with Gasteiger partial charge in [-0.25, -0.2) is 4.39 Å². The molecule has 1 heterocycles. The lowest BCUT2D eigenvalue weighted by Crippen LogP contribution is -2.31. The summed E-state index contributed by atoms with van der Waals surface area (Å²) in [5.41, 5.74) is 3.48. The third kappa shape index (κ3) is 5.57. The number of ether oxygens (including phenoxy) is 2. The molecule has 0 radical (unpaired) electrons. The molecule has 1 aromatic rings. The fourth-order valence-corrected chi connectivity index (χ4v) is 3.87. The maximum absolute atomic E-state index is 13.3. The molecule has 0 saturated heterocycles. The Bertz CT molecular complexity index is 672. The smallest absolute Gasteiger partial charge is 0.150 e. The summed E-state index contributed by atoms with van der Waals surface area (Å²) in [6.45, 7) is 2.57. The van der Waals surface area contributed by atoms with Crippen LogP contribution in [0.2, 0.25) is 0 Å². The van der Waals surface area contributed by atoms with Crippen LogP contribution in [0.1, 0.15) is 51.0 Å². The number of anilines is 1. The van der Waals surface area contributed by atoms with Gasteiger partial charge in [0.25, 0.3) is 0 Å². The van der Waals surface area contributed by atoms with E-state index in [9.17, 15) is 4.39 Å². The summed E-state index contributed by atoms with van der Waals surface area (Å²) in [7, 11) is 1.92. The predicted octanol–water partition coefficient (Wildman–Crippen LogP) is 5.15. The van der Waals surface area contributed by atoms with Crippen molar-refractivity contribution in [1.29, 1.82) is 0 Å². The van der Waals surface area contributed by atoms with Crippen molar-refractivity contribution < 1.29 is 13.9 Å². The molecular weight excluding hydrogens is 355 g/mol. The first-order valence-electron chi connectivity index (χ1n) is 10.6. The highest BCUT2D eigenvalue weighted by Gasteiger charge is 2.31. The van der Waals surface area contributed by atoms with Gasteiger partial charge >= 0.3 is 0 Å². The lowest BCUT2D eigenvalue weighted by atomic mass is 9.81. The quantitative estimate of drug-likeness (QED) is 0.564. The minimum absolute atomic E-state index is 0.231. The number of aliphatic imine (C=N–C) groups is 1.